The predicted molar refractivity (Wildman–Crippen MR) is 77.1 cm³/mol. The maximum Gasteiger partial charge on any atom is 0.321 e. The van der Waals surface area contributed by atoms with E-state index in [1.165, 1.54) is 11.0 Å². The number of rotatable bonds is 2. The first-order valence-corrected chi connectivity index (χ1v) is 6.87. The van der Waals surface area contributed by atoms with Crippen LogP contribution >= 0.6 is 11.6 Å². The van der Waals surface area contributed by atoms with Crippen molar-refractivity contribution in [3.05, 3.63) is 28.8 Å². The second-order valence-corrected chi connectivity index (χ2v) is 5.27. The van der Waals surface area contributed by atoms with E-state index in [-0.39, 0.29) is 17.6 Å². The molecule has 21 heavy (non-hydrogen) atoms. The number of hydrogen-bond donors (Lipinski definition) is 2. The molecule has 1 atom stereocenters. The van der Waals surface area contributed by atoms with Crippen molar-refractivity contribution in [2.45, 2.75) is 12.8 Å². The lowest BCUT2D eigenvalue weighted by molar-refractivity contribution is -0.143. The Balaban J connectivity index is 2.04. The number of nitrogens with zero attached hydrogens (tertiary/aromatic N) is 2. The fourth-order valence-corrected chi connectivity index (χ4v) is 2.47. The van der Waals surface area contributed by atoms with Gasteiger partial charge in [0, 0.05) is 13.1 Å². The highest BCUT2D eigenvalue weighted by molar-refractivity contribution is 6.33. The Morgan fingerprint density at radius 3 is 2.86 bits per heavy atom. The molecule has 6 nitrogen and oxygen atoms in total. The number of piperidine rings is 1. The summed E-state index contributed by atoms with van der Waals surface area (Å²) in [5.41, 5.74) is 0.806. The van der Waals surface area contributed by atoms with Gasteiger partial charge in [0.05, 0.1) is 28.3 Å². The third-order valence-electron chi connectivity index (χ3n) is 3.40. The average molecular weight is 308 g/mol. The van der Waals surface area contributed by atoms with Gasteiger partial charge in [-0.15, -0.1) is 0 Å². The zero-order chi connectivity index (χ0) is 15.4. The summed E-state index contributed by atoms with van der Waals surface area (Å²) in [7, 11) is 0. The summed E-state index contributed by atoms with van der Waals surface area (Å²) in [6.07, 6.45) is 1.24. The molecule has 1 aliphatic rings. The van der Waals surface area contributed by atoms with Gasteiger partial charge in [-0.1, -0.05) is 11.6 Å². The summed E-state index contributed by atoms with van der Waals surface area (Å²) in [6.45, 7) is 0.707. The molecule has 0 spiro atoms. The predicted octanol–water partition coefficient (Wildman–Crippen LogP) is 2.54. The molecule has 0 radical (unpaired) electrons. The van der Waals surface area contributed by atoms with Crippen molar-refractivity contribution in [3.63, 3.8) is 0 Å². The molecule has 1 aromatic rings. The van der Waals surface area contributed by atoms with Gasteiger partial charge in [0.15, 0.2) is 0 Å². The number of benzene rings is 1. The minimum atomic E-state index is -0.885. The number of carboxylic acids is 1. The molecule has 0 unspecified atom stereocenters. The number of nitrogens with one attached hydrogen (secondary N) is 1. The van der Waals surface area contributed by atoms with Gasteiger partial charge in [0.25, 0.3) is 0 Å². The Hall–Kier alpha value is -2.26. The van der Waals surface area contributed by atoms with Crippen LogP contribution in [0.25, 0.3) is 0 Å². The molecule has 1 aliphatic heterocycles. The number of carbonyl (C=O) groups is 2. The number of carbonyl (C=O) groups excluding carboxylic acids is 1. The molecule has 1 heterocycles. The highest BCUT2D eigenvalue weighted by Crippen LogP contribution is 2.24. The topological polar surface area (TPSA) is 93.4 Å². The summed E-state index contributed by atoms with van der Waals surface area (Å²) in [4.78, 5) is 24.6. The molecule has 2 rings (SSSR count). The van der Waals surface area contributed by atoms with Gasteiger partial charge >= 0.3 is 12.0 Å². The van der Waals surface area contributed by atoms with E-state index >= 15 is 0 Å². The summed E-state index contributed by atoms with van der Waals surface area (Å²) in [6, 6.07) is 6.15. The Labute approximate surface area is 126 Å². The van der Waals surface area contributed by atoms with Crippen molar-refractivity contribution >= 4 is 29.3 Å². The van der Waals surface area contributed by atoms with Crippen molar-refractivity contribution in [1.29, 1.82) is 5.26 Å². The largest absolute Gasteiger partial charge is 0.481 e. The van der Waals surface area contributed by atoms with Crippen LogP contribution in [0.2, 0.25) is 5.02 Å². The number of aliphatic carboxylic acids is 1. The van der Waals surface area contributed by atoms with Gasteiger partial charge < -0.3 is 15.3 Å². The molecule has 110 valence electrons. The molecule has 1 aromatic carbocycles. The van der Waals surface area contributed by atoms with Crippen LogP contribution in [0.1, 0.15) is 18.4 Å². The number of hydrogen-bond acceptors (Lipinski definition) is 3. The van der Waals surface area contributed by atoms with E-state index < -0.39 is 11.9 Å². The number of anilines is 1. The van der Waals surface area contributed by atoms with Gasteiger partial charge in [-0.25, -0.2) is 4.79 Å². The lowest BCUT2D eigenvalue weighted by Crippen LogP contribution is -2.44. The van der Waals surface area contributed by atoms with Gasteiger partial charge in [0.2, 0.25) is 0 Å². The van der Waals surface area contributed by atoms with Crippen LogP contribution in [0.4, 0.5) is 10.5 Å². The number of amides is 2. The number of urea groups is 1. The third-order valence-corrected chi connectivity index (χ3v) is 3.71. The van der Waals surface area contributed by atoms with Crippen LogP contribution in [0, 0.1) is 17.2 Å². The molecule has 0 saturated carbocycles. The fourth-order valence-electron chi connectivity index (χ4n) is 2.24. The van der Waals surface area contributed by atoms with Crippen LogP contribution in [-0.4, -0.2) is 35.1 Å². The molecule has 0 aliphatic carbocycles. The average Bonchev–Trinajstić information content (AvgIpc) is 2.49. The number of likely N-dealkylation sites (tertiary alicyclic amines) is 1. The van der Waals surface area contributed by atoms with Crippen molar-refractivity contribution in [1.82, 2.24) is 4.90 Å². The SMILES string of the molecule is N#Cc1ccc(NC(=O)N2CCC[C@@H](C(=O)O)C2)c(Cl)c1. The molecule has 1 fully saturated rings. The number of nitriles is 1. The van der Waals surface area contributed by atoms with Crippen molar-refractivity contribution in [2.75, 3.05) is 18.4 Å². The van der Waals surface area contributed by atoms with Crippen molar-refractivity contribution in [3.8, 4) is 6.07 Å². The Kier molecular flexibility index (Phi) is 4.66. The van der Waals surface area contributed by atoms with E-state index in [1.807, 2.05) is 6.07 Å². The van der Waals surface area contributed by atoms with Crippen LogP contribution in [-0.2, 0) is 4.79 Å². The van der Waals surface area contributed by atoms with Crippen molar-refractivity contribution in [2.24, 2.45) is 5.92 Å². The normalized spacial score (nSPS) is 17.9. The number of halogens is 1. The van der Waals surface area contributed by atoms with Gasteiger partial charge in [-0.2, -0.15) is 5.26 Å². The standard InChI is InChI=1S/C14H14ClN3O3/c15-11-6-9(7-16)3-4-12(11)17-14(21)18-5-1-2-10(8-18)13(19)20/h3-4,6,10H,1-2,5,8H2,(H,17,21)(H,19,20)/t10-/m1/s1. The lowest BCUT2D eigenvalue weighted by atomic mass is 9.99. The Morgan fingerprint density at radius 1 is 1.48 bits per heavy atom. The highest BCUT2D eigenvalue weighted by Gasteiger charge is 2.28. The van der Waals surface area contributed by atoms with E-state index in [0.29, 0.717) is 30.6 Å². The molecular formula is C14H14ClN3O3. The van der Waals surface area contributed by atoms with Gasteiger partial charge in [-0.3, -0.25) is 4.79 Å². The molecule has 1 saturated heterocycles. The van der Waals surface area contributed by atoms with Crippen LogP contribution in [0.5, 0.6) is 0 Å². The summed E-state index contributed by atoms with van der Waals surface area (Å²) in [5, 5.41) is 20.7. The Bertz CT molecular complexity index is 612. The first-order valence-electron chi connectivity index (χ1n) is 6.49. The van der Waals surface area contributed by atoms with Crippen LogP contribution in [0.3, 0.4) is 0 Å². The van der Waals surface area contributed by atoms with E-state index in [1.54, 1.807) is 12.1 Å². The maximum atomic E-state index is 12.1. The fraction of sp³-hybridized carbons (Fsp3) is 0.357. The second kappa shape index (κ2) is 6.46. The third kappa shape index (κ3) is 3.64. The van der Waals surface area contributed by atoms with Gasteiger partial charge in [-0.05, 0) is 31.0 Å². The summed E-state index contributed by atoms with van der Waals surface area (Å²) < 4.78 is 0. The molecule has 0 bridgehead atoms. The first-order chi connectivity index (χ1) is 10.0. The van der Waals surface area contributed by atoms with Crippen LogP contribution < -0.4 is 5.32 Å². The van der Waals surface area contributed by atoms with E-state index in [2.05, 4.69) is 5.32 Å². The zero-order valence-electron chi connectivity index (χ0n) is 11.2. The van der Waals surface area contributed by atoms with E-state index in [4.69, 9.17) is 22.0 Å². The quantitative estimate of drug-likeness (QED) is 0.878. The molecule has 2 N–H and O–H groups in total. The summed E-state index contributed by atoms with van der Waals surface area (Å²) in [5.74, 6) is -1.41. The number of carboxylic acid groups (broad SMARTS) is 1. The van der Waals surface area contributed by atoms with E-state index in [0.717, 1.165) is 0 Å². The second-order valence-electron chi connectivity index (χ2n) is 4.86. The summed E-state index contributed by atoms with van der Waals surface area (Å²) >= 11 is 5.99. The maximum absolute atomic E-state index is 12.1. The van der Waals surface area contributed by atoms with E-state index in [9.17, 15) is 9.59 Å². The highest BCUT2D eigenvalue weighted by atomic mass is 35.5. The minimum absolute atomic E-state index is 0.190. The monoisotopic (exact) mass is 307 g/mol. The minimum Gasteiger partial charge on any atom is -0.481 e. The first kappa shape index (κ1) is 15.1. The van der Waals surface area contributed by atoms with Crippen molar-refractivity contribution < 1.29 is 14.7 Å². The smallest absolute Gasteiger partial charge is 0.321 e. The van der Waals surface area contributed by atoms with Crippen LogP contribution in [0.15, 0.2) is 18.2 Å². The molecule has 0 aromatic heterocycles. The lowest BCUT2D eigenvalue weighted by Gasteiger charge is -2.30. The molecular weight excluding hydrogens is 294 g/mol. The zero-order valence-corrected chi connectivity index (χ0v) is 11.9. The molecule has 7 heteroatoms. The molecule has 2 amide bonds. The Morgan fingerprint density at radius 2 is 2.24 bits per heavy atom. The van der Waals surface area contributed by atoms with Gasteiger partial charge in [0.1, 0.15) is 0 Å².